The summed E-state index contributed by atoms with van der Waals surface area (Å²) in [6.07, 6.45) is 22.3. The summed E-state index contributed by atoms with van der Waals surface area (Å²) >= 11 is 0. The molecule has 1 aliphatic rings. The molecule has 1 fully saturated rings. The van der Waals surface area contributed by atoms with Crippen LogP contribution < -0.4 is 0 Å². The zero-order valence-electron chi connectivity index (χ0n) is 22.7. The van der Waals surface area contributed by atoms with E-state index in [4.69, 9.17) is 9.47 Å². The first kappa shape index (κ1) is 29.9. The maximum atomic E-state index is 11.6. The lowest BCUT2D eigenvalue weighted by Gasteiger charge is -2.25. The number of carbonyl (C=O) groups excluding carboxylic acids is 1. The van der Waals surface area contributed by atoms with Crippen molar-refractivity contribution >= 4 is 5.97 Å². The number of rotatable bonds is 14. The summed E-state index contributed by atoms with van der Waals surface area (Å²) in [5.41, 5.74) is 7.60. The second-order valence-corrected chi connectivity index (χ2v) is 9.84. The van der Waals surface area contributed by atoms with Crippen LogP contribution in [-0.2, 0) is 14.3 Å². The lowest BCUT2D eigenvalue weighted by Crippen LogP contribution is -2.26. The van der Waals surface area contributed by atoms with Crippen LogP contribution in [0.25, 0.3) is 0 Å². The number of esters is 1. The minimum atomic E-state index is -0.374. The fraction of sp³-hybridized carbons (Fsp3) is 0.581. The van der Waals surface area contributed by atoms with E-state index in [1.807, 2.05) is 0 Å². The van der Waals surface area contributed by atoms with E-state index in [9.17, 15) is 4.79 Å². The Hall–Kier alpha value is -2.13. The largest absolute Gasteiger partial charge is 0.466 e. The average molecular weight is 469 g/mol. The molecular weight excluding hydrogens is 420 g/mol. The number of hydrogen-bond donors (Lipinski definition) is 0. The molecule has 0 aromatic rings. The van der Waals surface area contributed by atoms with E-state index in [0.717, 1.165) is 57.8 Å². The third-order valence-electron chi connectivity index (χ3n) is 6.28. The molecule has 0 aliphatic carbocycles. The second-order valence-electron chi connectivity index (χ2n) is 9.84. The zero-order valence-corrected chi connectivity index (χ0v) is 22.7. The number of unbranched alkanes of at least 4 members (excludes halogenated alkanes) is 1. The molecule has 1 saturated heterocycles. The monoisotopic (exact) mass is 468 g/mol. The van der Waals surface area contributed by atoms with Crippen molar-refractivity contribution in [2.75, 3.05) is 13.7 Å². The molecule has 0 bridgehead atoms. The smallest absolute Gasteiger partial charge is 0.335 e. The van der Waals surface area contributed by atoms with Gasteiger partial charge in [0.15, 0.2) is 0 Å². The predicted octanol–water partition coefficient (Wildman–Crippen LogP) is 8.75. The van der Waals surface area contributed by atoms with Gasteiger partial charge < -0.3 is 9.47 Å². The highest BCUT2D eigenvalue weighted by molar-refractivity contribution is 5.88. The van der Waals surface area contributed by atoms with Crippen LogP contribution in [-0.4, -0.2) is 25.8 Å². The van der Waals surface area contributed by atoms with E-state index in [2.05, 4.69) is 71.6 Å². The summed E-state index contributed by atoms with van der Waals surface area (Å²) in [5.74, 6) is -0.374. The summed E-state index contributed by atoms with van der Waals surface area (Å²) in [5, 5.41) is 0. The molecule has 1 rings (SSSR count). The Bertz CT molecular complexity index is 791. The molecule has 0 aromatic heterocycles. The molecule has 0 N–H and O–H groups in total. The number of hydrogen-bond acceptors (Lipinski definition) is 3. The average Bonchev–Trinajstić information content (AvgIpc) is 2.81. The van der Waals surface area contributed by atoms with Crippen molar-refractivity contribution in [3.63, 3.8) is 0 Å². The topological polar surface area (TPSA) is 35.5 Å². The summed E-state index contributed by atoms with van der Waals surface area (Å²) in [6, 6.07) is 0. The first-order chi connectivity index (χ1) is 16.2. The van der Waals surface area contributed by atoms with Crippen molar-refractivity contribution in [3.8, 4) is 0 Å². The molecule has 0 aromatic carbocycles. The Morgan fingerprint density at radius 1 is 0.882 bits per heavy atom. The van der Waals surface area contributed by atoms with Gasteiger partial charge in [0.25, 0.3) is 0 Å². The lowest BCUT2D eigenvalue weighted by molar-refractivity contribution is -0.137. The highest BCUT2D eigenvalue weighted by Crippen LogP contribution is 2.24. The van der Waals surface area contributed by atoms with E-state index in [0.29, 0.717) is 12.2 Å². The van der Waals surface area contributed by atoms with Gasteiger partial charge in [-0.15, -0.1) is 0 Å². The van der Waals surface area contributed by atoms with Crippen LogP contribution in [0.3, 0.4) is 0 Å². The Morgan fingerprint density at radius 3 is 1.91 bits per heavy atom. The second kappa shape index (κ2) is 17.3. The minimum Gasteiger partial charge on any atom is -0.466 e. The molecule has 3 nitrogen and oxygen atoms in total. The molecule has 1 aliphatic heterocycles. The van der Waals surface area contributed by atoms with Crippen LogP contribution in [0.5, 0.6) is 0 Å². The molecule has 0 saturated carbocycles. The van der Waals surface area contributed by atoms with Crippen molar-refractivity contribution in [2.45, 2.75) is 105 Å². The van der Waals surface area contributed by atoms with Gasteiger partial charge in [0.05, 0.1) is 25.4 Å². The molecule has 34 heavy (non-hydrogen) atoms. The van der Waals surface area contributed by atoms with Gasteiger partial charge in [-0.05, 0) is 104 Å². The van der Waals surface area contributed by atoms with Crippen LogP contribution in [0.4, 0.5) is 0 Å². The minimum absolute atomic E-state index is 0.213. The summed E-state index contributed by atoms with van der Waals surface area (Å²) < 4.78 is 10.5. The molecule has 0 radical (unpaired) electrons. The van der Waals surface area contributed by atoms with Gasteiger partial charge in [-0.25, -0.2) is 4.79 Å². The standard InChI is InChI=1S/C31H48O3/c1-24(2)13-10-16-27(5)18-11-17-25(3)14-8-9-15-26(4)19-12-20-29-21-22-30(34-23-29)28(6)31(32)33-7/h13-15,18,20,30H,6,8-12,16-17,19,21-23H2,1-5,7H3/b25-14+,26-15+,27-18+,29-20-/t30-/m1/s1. The summed E-state index contributed by atoms with van der Waals surface area (Å²) in [7, 11) is 1.38. The van der Waals surface area contributed by atoms with Crippen LogP contribution in [0, 0.1) is 0 Å². The fourth-order valence-corrected chi connectivity index (χ4v) is 3.98. The van der Waals surface area contributed by atoms with Gasteiger partial charge in [-0.3, -0.25) is 0 Å². The fourth-order valence-electron chi connectivity index (χ4n) is 3.98. The van der Waals surface area contributed by atoms with Crippen molar-refractivity contribution < 1.29 is 14.3 Å². The molecule has 190 valence electrons. The van der Waals surface area contributed by atoms with Crippen molar-refractivity contribution in [3.05, 3.63) is 70.4 Å². The Kier molecular flexibility index (Phi) is 15.2. The SMILES string of the molecule is C=C(C(=O)OC)[C@H]1CC/C(=C/CC/C(C)=C/CC/C=C(\C)CC/C=C(\C)CCC=C(C)C)CO1. The van der Waals surface area contributed by atoms with Gasteiger partial charge in [0.1, 0.15) is 0 Å². The number of allylic oxidation sites excluding steroid dienone is 9. The number of ether oxygens (including phenoxy) is 2. The third kappa shape index (κ3) is 13.5. The van der Waals surface area contributed by atoms with E-state index < -0.39 is 0 Å². The quantitative estimate of drug-likeness (QED) is 0.111. The number of carbonyl (C=O) groups is 1. The molecule has 0 spiro atoms. The van der Waals surface area contributed by atoms with Gasteiger partial charge in [0, 0.05) is 0 Å². The first-order valence-electron chi connectivity index (χ1n) is 12.9. The van der Waals surface area contributed by atoms with Gasteiger partial charge >= 0.3 is 5.97 Å². The predicted molar refractivity (Wildman–Crippen MR) is 146 cm³/mol. The van der Waals surface area contributed by atoms with Crippen molar-refractivity contribution in [2.24, 2.45) is 0 Å². The molecule has 0 unspecified atom stereocenters. The van der Waals surface area contributed by atoms with E-state index in [1.165, 1.54) is 41.4 Å². The first-order valence-corrected chi connectivity index (χ1v) is 12.9. The Labute approximate surface area is 209 Å². The Balaban J connectivity index is 2.24. The van der Waals surface area contributed by atoms with Crippen LogP contribution in [0.15, 0.2) is 70.4 Å². The van der Waals surface area contributed by atoms with Crippen molar-refractivity contribution in [1.82, 2.24) is 0 Å². The van der Waals surface area contributed by atoms with E-state index >= 15 is 0 Å². The van der Waals surface area contributed by atoms with Gasteiger partial charge in [0.2, 0.25) is 0 Å². The molecular formula is C31H48O3. The van der Waals surface area contributed by atoms with Crippen molar-refractivity contribution in [1.29, 1.82) is 0 Å². The summed E-state index contributed by atoms with van der Waals surface area (Å²) in [4.78, 5) is 11.6. The molecule has 3 heteroatoms. The highest BCUT2D eigenvalue weighted by atomic mass is 16.5. The normalized spacial score (nSPS) is 18.7. The summed E-state index contributed by atoms with van der Waals surface area (Å²) in [6.45, 7) is 15.5. The maximum Gasteiger partial charge on any atom is 0.335 e. The molecule has 1 atom stereocenters. The van der Waals surface area contributed by atoms with Crippen LogP contribution in [0.2, 0.25) is 0 Å². The highest BCUT2D eigenvalue weighted by Gasteiger charge is 2.24. The Morgan fingerprint density at radius 2 is 1.41 bits per heavy atom. The van der Waals surface area contributed by atoms with Gasteiger partial charge in [-0.2, -0.15) is 0 Å². The third-order valence-corrected chi connectivity index (χ3v) is 6.28. The molecule has 1 heterocycles. The lowest BCUT2D eigenvalue weighted by atomic mass is 9.98. The maximum absolute atomic E-state index is 11.6. The van der Waals surface area contributed by atoms with Crippen LogP contribution >= 0.6 is 0 Å². The van der Waals surface area contributed by atoms with Crippen LogP contribution in [0.1, 0.15) is 98.8 Å². The molecule has 0 amide bonds. The number of methoxy groups -OCH3 is 1. The zero-order chi connectivity index (χ0) is 25.3. The van der Waals surface area contributed by atoms with E-state index in [-0.39, 0.29) is 12.1 Å². The van der Waals surface area contributed by atoms with E-state index in [1.54, 1.807) is 0 Å². The van der Waals surface area contributed by atoms with Gasteiger partial charge in [-0.1, -0.05) is 59.3 Å².